The summed E-state index contributed by atoms with van der Waals surface area (Å²) in [5, 5.41) is 15.0. The molecular weight excluding hydrogens is 477 g/mol. The summed E-state index contributed by atoms with van der Waals surface area (Å²) >= 11 is 10.3. The minimum atomic E-state index is -0.476. The molecular formula is C20H15ClFN5OS3. The van der Waals surface area contributed by atoms with Crippen LogP contribution in [0.2, 0.25) is 5.02 Å². The summed E-state index contributed by atoms with van der Waals surface area (Å²) < 4.78 is 15.0. The van der Waals surface area contributed by atoms with Crippen LogP contribution in [0, 0.1) is 5.82 Å². The number of benzene rings is 2. The maximum absolute atomic E-state index is 14.2. The van der Waals surface area contributed by atoms with Crippen LogP contribution in [0.15, 0.2) is 58.3 Å². The zero-order valence-electron chi connectivity index (χ0n) is 16.1. The third-order valence-corrected chi connectivity index (χ3v) is 7.21. The zero-order valence-corrected chi connectivity index (χ0v) is 19.3. The number of thioether (sulfide) groups is 1. The van der Waals surface area contributed by atoms with Gasteiger partial charge in [0, 0.05) is 18.1 Å². The number of rotatable bonds is 7. The van der Waals surface area contributed by atoms with E-state index >= 15 is 0 Å². The highest BCUT2D eigenvalue weighted by Crippen LogP contribution is 2.34. The SMILES string of the molecule is CC(=O)N(c1nc(CSc2nnc(Nc3ccccc3Cl)s2)cs1)c1ccccc1F. The molecule has 2 aromatic heterocycles. The van der Waals surface area contributed by atoms with Crippen molar-refractivity contribution in [2.45, 2.75) is 17.0 Å². The predicted octanol–water partition coefficient (Wildman–Crippen LogP) is 6.51. The highest BCUT2D eigenvalue weighted by atomic mass is 35.5. The van der Waals surface area contributed by atoms with E-state index in [1.54, 1.807) is 24.3 Å². The van der Waals surface area contributed by atoms with Crippen LogP contribution < -0.4 is 10.2 Å². The Labute approximate surface area is 195 Å². The van der Waals surface area contributed by atoms with Gasteiger partial charge in [0.2, 0.25) is 11.0 Å². The molecule has 0 unspecified atom stereocenters. The van der Waals surface area contributed by atoms with Crippen molar-refractivity contribution in [2.24, 2.45) is 0 Å². The number of amides is 1. The molecule has 0 saturated carbocycles. The first-order valence-electron chi connectivity index (χ1n) is 8.99. The van der Waals surface area contributed by atoms with Crippen molar-refractivity contribution >= 4 is 73.6 Å². The van der Waals surface area contributed by atoms with E-state index in [1.807, 2.05) is 23.6 Å². The lowest BCUT2D eigenvalue weighted by molar-refractivity contribution is -0.115. The van der Waals surface area contributed by atoms with Crippen LogP contribution in [0.1, 0.15) is 12.6 Å². The normalized spacial score (nSPS) is 10.8. The molecule has 0 atom stereocenters. The molecule has 1 N–H and O–H groups in total. The van der Waals surface area contributed by atoms with Gasteiger partial charge in [-0.05, 0) is 24.3 Å². The Kier molecular flexibility index (Phi) is 6.81. The minimum Gasteiger partial charge on any atom is -0.329 e. The maximum atomic E-state index is 14.2. The van der Waals surface area contributed by atoms with Crippen molar-refractivity contribution < 1.29 is 9.18 Å². The van der Waals surface area contributed by atoms with Gasteiger partial charge in [0.15, 0.2) is 9.47 Å². The number of hydrogen-bond donors (Lipinski definition) is 1. The second-order valence-electron chi connectivity index (χ2n) is 6.19. The standard InChI is InChI=1S/C20H15ClFN5OS3/c1-12(28)27(17-9-5-3-7-15(17)22)19-23-13(10-29-19)11-30-20-26-25-18(31-20)24-16-8-4-2-6-14(16)21/h2-10H,11H2,1H3,(H,24,25). The molecule has 0 spiro atoms. The number of nitrogens with zero attached hydrogens (tertiary/aromatic N) is 4. The van der Waals surface area contributed by atoms with E-state index in [0.29, 0.717) is 21.0 Å². The Morgan fingerprint density at radius 2 is 1.97 bits per heavy atom. The van der Waals surface area contributed by atoms with Gasteiger partial charge < -0.3 is 5.32 Å². The summed E-state index contributed by atoms with van der Waals surface area (Å²) in [5.74, 6) is -0.241. The van der Waals surface area contributed by atoms with Gasteiger partial charge in [-0.1, -0.05) is 59.0 Å². The molecule has 0 aliphatic carbocycles. The molecule has 31 heavy (non-hydrogen) atoms. The monoisotopic (exact) mass is 491 g/mol. The van der Waals surface area contributed by atoms with Crippen molar-refractivity contribution in [3.63, 3.8) is 0 Å². The fourth-order valence-electron chi connectivity index (χ4n) is 2.64. The number of anilines is 4. The highest BCUT2D eigenvalue weighted by molar-refractivity contribution is 8.00. The Hall–Kier alpha value is -2.53. The summed E-state index contributed by atoms with van der Waals surface area (Å²) in [4.78, 5) is 17.9. The number of hydrogen-bond acceptors (Lipinski definition) is 8. The van der Waals surface area contributed by atoms with Crippen molar-refractivity contribution in [1.82, 2.24) is 15.2 Å². The predicted molar refractivity (Wildman–Crippen MR) is 126 cm³/mol. The molecule has 4 aromatic rings. The Balaban J connectivity index is 1.43. The number of halogens is 2. The van der Waals surface area contributed by atoms with Crippen LogP contribution in [-0.2, 0) is 10.5 Å². The minimum absolute atomic E-state index is 0.183. The third kappa shape index (κ3) is 5.21. The van der Waals surface area contributed by atoms with E-state index in [1.165, 1.54) is 52.3 Å². The first kappa shape index (κ1) is 21.7. The average Bonchev–Trinajstić information content (AvgIpc) is 3.39. The molecule has 0 aliphatic heterocycles. The lowest BCUT2D eigenvalue weighted by atomic mass is 10.3. The molecule has 158 valence electrons. The largest absolute Gasteiger partial charge is 0.329 e. The first-order chi connectivity index (χ1) is 15.0. The van der Waals surface area contributed by atoms with Crippen molar-refractivity contribution in [3.05, 3.63) is 70.4 Å². The van der Waals surface area contributed by atoms with Crippen LogP contribution >= 0.6 is 46.0 Å². The van der Waals surface area contributed by atoms with E-state index < -0.39 is 5.82 Å². The summed E-state index contributed by atoms with van der Waals surface area (Å²) in [5.41, 5.74) is 1.71. The number of para-hydroxylation sites is 2. The number of nitrogens with one attached hydrogen (secondary N) is 1. The van der Waals surface area contributed by atoms with Gasteiger partial charge in [0.05, 0.1) is 22.1 Å². The smallest absolute Gasteiger partial charge is 0.230 e. The number of carbonyl (C=O) groups is 1. The van der Waals surface area contributed by atoms with Crippen molar-refractivity contribution in [2.75, 3.05) is 10.2 Å². The molecule has 0 aliphatic rings. The van der Waals surface area contributed by atoms with Gasteiger partial charge in [-0.2, -0.15) is 0 Å². The van der Waals surface area contributed by atoms with Gasteiger partial charge in [-0.3, -0.25) is 9.69 Å². The number of thiazole rings is 1. The molecule has 4 rings (SSSR count). The zero-order chi connectivity index (χ0) is 21.8. The van der Waals surface area contributed by atoms with Gasteiger partial charge in [0.25, 0.3) is 0 Å². The van der Waals surface area contributed by atoms with Gasteiger partial charge in [0.1, 0.15) is 5.82 Å². The second-order valence-corrected chi connectivity index (χ2v) is 9.64. The second kappa shape index (κ2) is 9.73. The number of aromatic nitrogens is 3. The van der Waals surface area contributed by atoms with Crippen LogP contribution in [0.5, 0.6) is 0 Å². The molecule has 0 fully saturated rings. The Bertz CT molecular complexity index is 1210. The lowest BCUT2D eigenvalue weighted by Gasteiger charge is -2.18. The van der Waals surface area contributed by atoms with Crippen LogP contribution in [0.25, 0.3) is 0 Å². The quantitative estimate of drug-likeness (QED) is 0.297. The van der Waals surface area contributed by atoms with E-state index in [0.717, 1.165) is 15.7 Å². The van der Waals surface area contributed by atoms with Gasteiger partial charge in [-0.15, -0.1) is 21.5 Å². The van der Waals surface area contributed by atoms with Gasteiger partial charge >= 0.3 is 0 Å². The van der Waals surface area contributed by atoms with E-state index in [-0.39, 0.29) is 11.6 Å². The maximum Gasteiger partial charge on any atom is 0.230 e. The molecule has 0 saturated heterocycles. The molecule has 1 amide bonds. The van der Waals surface area contributed by atoms with E-state index in [9.17, 15) is 9.18 Å². The molecule has 11 heteroatoms. The average molecular weight is 492 g/mol. The fourth-order valence-corrected chi connectivity index (χ4v) is 5.46. The molecule has 0 radical (unpaired) electrons. The molecule has 6 nitrogen and oxygen atoms in total. The van der Waals surface area contributed by atoms with E-state index in [2.05, 4.69) is 20.5 Å². The van der Waals surface area contributed by atoms with E-state index in [4.69, 9.17) is 11.6 Å². The summed E-state index contributed by atoms with van der Waals surface area (Å²) in [6.45, 7) is 1.39. The molecule has 0 bridgehead atoms. The summed E-state index contributed by atoms with van der Waals surface area (Å²) in [6, 6.07) is 13.5. The van der Waals surface area contributed by atoms with Crippen LogP contribution in [0.3, 0.4) is 0 Å². The van der Waals surface area contributed by atoms with Crippen LogP contribution in [0.4, 0.5) is 26.0 Å². The van der Waals surface area contributed by atoms with Gasteiger partial charge in [-0.25, -0.2) is 9.37 Å². The molecule has 2 aromatic carbocycles. The highest BCUT2D eigenvalue weighted by Gasteiger charge is 2.21. The fraction of sp³-hybridized carbons (Fsp3) is 0.100. The topological polar surface area (TPSA) is 71.0 Å². The summed E-state index contributed by atoms with van der Waals surface area (Å²) in [7, 11) is 0. The molecule has 2 heterocycles. The number of carbonyl (C=O) groups excluding carboxylic acids is 1. The summed E-state index contributed by atoms with van der Waals surface area (Å²) in [6.07, 6.45) is 0. The van der Waals surface area contributed by atoms with Crippen molar-refractivity contribution in [1.29, 1.82) is 0 Å². The lowest BCUT2D eigenvalue weighted by Crippen LogP contribution is -2.23. The third-order valence-electron chi connectivity index (χ3n) is 4.00. The first-order valence-corrected chi connectivity index (χ1v) is 12.0. The van der Waals surface area contributed by atoms with Crippen molar-refractivity contribution in [3.8, 4) is 0 Å². The Morgan fingerprint density at radius 3 is 2.74 bits per heavy atom. The Morgan fingerprint density at radius 1 is 1.19 bits per heavy atom. The van der Waals surface area contributed by atoms with Crippen LogP contribution in [-0.4, -0.2) is 21.1 Å².